The summed E-state index contributed by atoms with van der Waals surface area (Å²) in [5.74, 6) is 0. The molecule has 0 aromatic heterocycles. The van der Waals surface area contributed by atoms with Gasteiger partial charge in [0, 0.05) is 0 Å². The van der Waals surface area contributed by atoms with Crippen LogP contribution in [0.1, 0.15) is 19.3 Å². The van der Waals surface area contributed by atoms with Gasteiger partial charge < -0.3 is 5.11 Å². The third kappa shape index (κ3) is 2.88. The van der Waals surface area contributed by atoms with E-state index in [0.29, 0.717) is 0 Å². The Morgan fingerprint density at radius 1 is 1.38 bits per heavy atom. The van der Waals surface area contributed by atoms with E-state index in [0.717, 1.165) is 19.3 Å². The maximum Gasteiger partial charge on any atom is 1.00 e. The van der Waals surface area contributed by atoms with Crippen molar-refractivity contribution in [3.05, 3.63) is 12.2 Å². The fraction of sp³-hybridized carbons (Fsp3) is 0.667. The number of rotatable bonds is 0. The van der Waals surface area contributed by atoms with Crippen LogP contribution in [-0.4, -0.2) is 6.10 Å². The van der Waals surface area contributed by atoms with Crippen molar-refractivity contribution < 1.29 is 34.7 Å². The van der Waals surface area contributed by atoms with Gasteiger partial charge in [-0.3, -0.25) is 0 Å². The number of hydrogen-bond acceptors (Lipinski definition) is 1. The van der Waals surface area contributed by atoms with Crippen LogP contribution in [-0.2, 0) is 0 Å². The van der Waals surface area contributed by atoms with Gasteiger partial charge in [0.25, 0.3) is 0 Å². The predicted octanol–water partition coefficient (Wildman–Crippen LogP) is -2.54. The Morgan fingerprint density at radius 2 is 2.12 bits per heavy atom. The molecule has 0 N–H and O–H groups in total. The van der Waals surface area contributed by atoms with Crippen LogP contribution in [0.5, 0.6) is 0 Å². The monoisotopic (exact) mass is 120 g/mol. The van der Waals surface area contributed by atoms with Gasteiger partial charge in [-0.15, -0.1) is 6.10 Å². The van der Waals surface area contributed by atoms with E-state index in [1.165, 1.54) is 0 Å². The first-order valence-electron chi connectivity index (χ1n) is 2.70. The Labute approximate surface area is 72.1 Å². The maximum absolute atomic E-state index is 10.5. The first kappa shape index (κ1) is 8.70. The molecule has 40 valence electrons. The van der Waals surface area contributed by atoms with Crippen LogP contribution in [0.25, 0.3) is 0 Å². The molecule has 0 fully saturated rings. The van der Waals surface area contributed by atoms with E-state index in [9.17, 15) is 5.11 Å². The minimum absolute atomic E-state index is 0. The summed E-state index contributed by atoms with van der Waals surface area (Å²) in [6.45, 7) is 0. The minimum Gasteiger partial charge on any atom is -0.852 e. The minimum atomic E-state index is -0.301. The molecule has 1 unspecified atom stereocenters. The maximum atomic E-state index is 10.5. The van der Waals surface area contributed by atoms with Gasteiger partial charge in [-0.2, -0.15) is 0 Å². The molecular weight excluding hydrogens is 111 g/mol. The fourth-order valence-corrected chi connectivity index (χ4v) is 0.766. The Balaban J connectivity index is 0.000000490. The first-order chi connectivity index (χ1) is 3.39. The van der Waals surface area contributed by atoms with E-state index in [1.807, 2.05) is 6.08 Å². The molecule has 0 aliphatic heterocycles. The molecule has 1 nitrogen and oxygen atoms in total. The summed E-state index contributed by atoms with van der Waals surface area (Å²) in [5.41, 5.74) is 0. The Morgan fingerprint density at radius 3 is 2.38 bits per heavy atom. The van der Waals surface area contributed by atoms with Crippen molar-refractivity contribution in [1.29, 1.82) is 0 Å². The van der Waals surface area contributed by atoms with E-state index >= 15 is 0 Å². The summed E-state index contributed by atoms with van der Waals surface area (Å²) < 4.78 is 0. The molecule has 0 heterocycles. The zero-order chi connectivity index (χ0) is 5.11. The number of hydrogen-bond donors (Lipinski definition) is 0. The van der Waals surface area contributed by atoms with Gasteiger partial charge in [-0.05, 0) is 12.8 Å². The quantitative estimate of drug-likeness (QED) is 0.255. The molecule has 1 aliphatic rings. The van der Waals surface area contributed by atoms with Gasteiger partial charge in [0.1, 0.15) is 0 Å². The van der Waals surface area contributed by atoms with Crippen molar-refractivity contribution in [2.24, 2.45) is 0 Å². The molecule has 0 radical (unpaired) electrons. The third-order valence-corrected chi connectivity index (χ3v) is 1.22. The van der Waals surface area contributed by atoms with E-state index in [1.54, 1.807) is 0 Å². The second kappa shape index (κ2) is 4.57. The molecule has 1 atom stereocenters. The van der Waals surface area contributed by atoms with Crippen molar-refractivity contribution >= 4 is 0 Å². The van der Waals surface area contributed by atoms with Crippen LogP contribution in [0.2, 0.25) is 0 Å². The molecule has 0 aromatic rings. The SMILES string of the molecule is [Na+].[O-]C1CC=CCC1. The fourth-order valence-electron chi connectivity index (χ4n) is 0.766. The summed E-state index contributed by atoms with van der Waals surface area (Å²) >= 11 is 0. The van der Waals surface area contributed by atoms with Crippen molar-refractivity contribution in [1.82, 2.24) is 0 Å². The topological polar surface area (TPSA) is 23.1 Å². The average molecular weight is 120 g/mol. The van der Waals surface area contributed by atoms with E-state index in [-0.39, 0.29) is 35.7 Å². The summed E-state index contributed by atoms with van der Waals surface area (Å²) in [5, 5.41) is 10.5. The Kier molecular flexibility index (Phi) is 4.97. The van der Waals surface area contributed by atoms with Gasteiger partial charge in [-0.1, -0.05) is 18.6 Å². The molecule has 0 saturated carbocycles. The van der Waals surface area contributed by atoms with E-state index in [2.05, 4.69) is 6.08 Å². The third-order valence-electron chi connectivity index (χ3n) is 1.22. The van der Waals surface area contributed by atoms with Crippen LogP contribution in [0.3, 0.4) is 0 Å². The Hall–Kier alpha value is 0.700. The van der Waals surface area contributed by atoms with Gasteiger partial charge in [0.05, 0.1) is 0 Å². The van der Waals surface area contributed by atoms with Gasteiger partial charge in [0.15, 0.2) is 0 Å². The largest absolute Gasteiger partial charge is 1.00 e. The summed E-state index contributed by atoms with van der Waals surface area (Å²) in [6.07, 6.45) is 6.34. The Bertz CT molecular complexity index is 80.6. The number of allylic oxidation sites excluding steroid dienone is 1. The van der Waals surface area contributed by atoms with Crippen LogP contribution < -0.4 is 34.7 Å². The molecule has 0 aromatic carbocycles. The molecule has 8 heavy (non-hydrogen) atoms. The molecule has 1 rings (SSSR count). The normalized spacial score (nSPS) is 26.9. The molecular formula is C6H9NaO. The molecule has 0 bridgehead atoms. The zero-order valence-corrected chi connectivity index (χ0v) is 7.26. The van der Waals surface area contributed by atoms with Crippen LogP contribution in [0, 0.1) is 0 Å². The molecule has 2 heteroatoms. The van der Waals surface area contributed by atoms with E-state index in [4.69, 9.17) is 0 Å². The van der Waals surface area contributed by atoms with E-state index < -0.39 is 0 Å². The van der Waals surface area contributed by atoms with Crippen LogP contribution in [0.4, 0.5) is 0 Å². The molecule has 0 amide bonds. The second-order valence-electron chi connectivity index (χ2n) is 1.91. The van der Waals surface area contributed by atoms with Crippen molar-refractivity contribution in [3.63, 3.8) is 0 Å². The first-order valence-corrected chi connectivity index (χ1v) is 2.70. The smallest absolute Gasteiger partial charge is 0.852 e. The van der Waals surface area contributed by atoms with Gasteiger partial charge in [-0.25, -0.2) is 0 Å². The molecule has 0 saturated heterocycles. The second-order valence-corrected chi connectivity index (χ2v) is 1.91. The van der Waals surface area contributed by atoms with Crippen LogP contribution in [0.15, 0.2) is 12.2 Å². The van der Waals surface area contributed by atoms with Crippen molar-refractivity contribution in [2.45, 2.75) is 25.4 Å². The summed E-state index contributed by atoms with van der Waals surface area (Å²) in [7, 11) is 0. The average Bonchev–Trinajstić information content (AvgIpc) is 1.69. The predicted molar refractivity (Wildman–Crippen MR) is 26.8 cm³/mol. The molecule has 1 aliphatic carbocycles. The van der Waals surface area contributed by atoms with Crippen LogP contribution >= 0.6 is 0 Å². The standard InChI is InChI=1S/C6H9O.Na/c7-6-4-2-1-3-5-6;/h1-2,6H,3-5H2;/q-1;+1. The van der Waals surface area contributed by atoms with Gasteiger partial charge >= 0.3 is 29.6 Å². The van der Waals surface area contributed by atoms with Gasteiger partial charge in [0.2, 0.25) is 0 Å². The summed E-state index contributed by atoms with van der Waals surface area (Å²) in [4.78, 5) is 0. The van der Waals surface area contributed by atoms with Crippen molar-refractivity contribution in [3.8, 4) is 0 Å². The zero-order valence-electron chi connectivity index (χ0n) is 5.26. The molecule has 0 spiro atoms. The summed E-state index contributed by atoms with van der Waals surface area (Å²) in [6, 6.07) is 0. The van der Waals surface area contributed by atoms with Crippen molar-refractivity contribution in [2.75, 3.05) is 0 Å².